The van der Waals surface area contributed by atoms with Gasteiger partial charge in [0.25, 0.3) is 0 Å². The standard InChI is InChI=1S/C20H22N6O2/c1-2-17(15-4-3-9-23-12-15)24-18(27)13-25-10-11-26(20(25)28)16-7-5-14(6-8-16)19(21)22/h3-12,17H,2,13H2,1H3,(H3,21,22)(H,24,27). The first-order valence-corrected chi connectivity index (χ1v) is 8.91. The number of pyridine rings is 1. The Balaban J connectivity index is 1.72. The molecule has 1 aromatic carbocycles. The third-order valence-electron chi connectivity index (χ3n) is 4.45. The zero-order valence-electron chi connectivity index (χ0n) is 15.5. The van der Waals surface area contributed by atoms with Crippen LogP contribution in [0, 0.1) is 5.41 Å². The molecule has 1 amide bonds. The van der Waals surface area contributed by atoms with E-state index in [0.29, 0.717) is 11.3 Å². The maximum atomic E-state index is 12.6. The number of nitrogens with one attached hydrogen (secondary N) is 2. The molecule has 0 fully saturated rings. The lowest BCUT2D eigenvalue weighted by atomic mass is 10.1. The van der Waals surface area contributed by atoms with Crippen LogP contribution in [-0.4, -0.2) is 25.9 Å². The molecule has 0 aliphatic carbocycles. The molecule has 0 radical (unpaired) electrons. The molecule has 3 aromatic rings. The second-order valence-corrected chi connectivity index (χ2v) is 6.35. The molecule has 1 unspecified atom stereocenters. The lowest BCUT2D eigenvalue weighted by molar-refractivity contribution is -0.122. The average molecular weight is 378 g/mol. The molecular weight excluding hydrogens is 356 g/mol. The highest BCUT2D eigenvalue weighted by molar-refractivity contribution is 5.95. The number of imidazole rings is 1. The summed E-state index contributed by atoms with van der Waals surface area (Å²) in [5.41, 5.74) is 7.27. The van der Waals surface area contributed by atoms with E-state index in [-0.39, 0.29) is 30.0 Å². The molecule has 3 rings (SSSR count). The lowest BCUT2D eigenvalue weighted by Crippen LogP contribution is -2.34. The van der Waals surface area contributed by atoms with Crippen molar-refractivity contribution in [2.75, 3.05) is 0 Å². The Morgan fingerprint density at radius 1 is 1.25 bits per heavy atom. The largest absolute Gasteiger partial charge is 0.384 e. The minimum atomic E-state index is -0.319. The molecule has 0 aliphatic rings. The summed E-state index contributed by atoms with van der Waals surface area (Å²) in [5.74, 6) is -0.283. The molecule has 144 valence electrons. The van der Waals surface area contributed by atoms with Crippen molar-refractivity contribution in [2.24, 2.45) is 5.73 Å². The van der Waals surface area contributed by atoms with Gasteiger partial charge in [0.1, 0.15) is 12.4 Å². The lowest BCUT2D eigenvalue weighted by Gasteiger charge is -2.17. The number of hydrogen-bond donors (Lipinski definition) is 3. The SMILES string of the molecule is CCC(NC(=O)Cn1ccn(-c2ccc(C(=N)N)cc2)c1=O)c1cccnc1. The van der Waals surface area contributed by atoms with Crippen LogP contribution in [0.5, 0.6) is 0 Å². The Bertz CT molecular complexity index is 1020. The first-order valence-electron chi connectivity index (χ1n) is 8.91. The minimum absolute atomic E-state index is 0.0350. The van der Waals surface area contributed by atoms with Gasteiger partial charge in [0.15, 0.2) is 0 Å². The Morgan fingerprint density at radius 2 is 2.00 bits per heavy atom. The third kappa shape index (κ3) is 4.17. The minimum Gasteiger partial charge on any atom is -0.384 e. The molecule has 0 saturated heterocycles. The summed E-state index contributed by atoms with van der Waals surface area (Å²) in [6.07, 6.45) is 7.31. The molecule has 8 heteroatoms. The fraction of sp³-hybridized carbons (Fsp3) is 0.200. The first kappa shape index (κ1) is 19.1. The van der Waals surface area contributed by atoms with Crippen LogP contribution in [0.1, 0.15) is 30.5 Å². The van der Waals surface area contributed by atoms with E-state index in [4.69, 9.17) is 11.1 Å². The van der Waals surface area contributed by atoms with Crippen LogP contribution in [0.25, 0.3) is 5.69 Å². The average Bonchev–Trinajstić information content (AvgIpc) is 3.07. The number of nitrogen functional groups attached to an aromatic ring is 1. The van der Waals surface area contributed by atoms with Gasteiger partial charge in [0.2, 0.25) is 5.91 Å². The van der Waals surface area contributed by atoms with Crippen LogP contribution >= 0.6 is 0 Å². The van der Waals surface area contributed by atoms with Crippen LogP contribution in [0.15, 0.2) is 66.0 Å². The smallest absolute Gasteiger partial charge is 0.333 e. The molecule has 0 aliphatic heterocycles. The number of nitrogens with zero attached hydrogens (tertiary/aromatic N) is 3. The molecule has 1 atom stereocenters. The number of carbonyl (C=O) groups is 1. The molecule has 2 heterocycles. The van der Waals surface area contributed by atoms with Crippen molar-refractivity contribution in [3.05, 3.63) is 82.8 Å². The van der Waals surface area contributed by atoms with Gasteiger partial charge in [-0.25, -0.2) is 4.79 Å². The van der Waals surface area contributed by atoms with E-state index >= 15 is 0 Å². The fourth-order valence-corrected chi connectivity index (χ4v) is 2.93. The molecule has 28 heavy (non-hydrogen) atoms. The van der Waals surface area contributed by atoms with Gasteiger partial charge in [0, 0.05) is 30.4 Å². The van der Waals surface area contributed by atoms with Crippen LogP contribution in [0.3, 0.4) is 0 Å². The normalized spacial score (nSPS) is 11.8. The molecule has 4 N–H and O–H groups in total. The van der Waals surface area contributed by atoms with Crippen molar-refractivity contribution in [2.45, 2.75) is 25.9 Å². The molecular formula is C20H22N6O2. The quantitative estimate of drug-likeness (QED) is 0.427. The second-order valence-electron chi connectivity index (χ2n) is 6.35. The van der Waals surface area contributed by atoms with Gasteiger partial charge in [-0.15, -0.1) is 0 Å². The van der Waals surface area contributed by atoms with Crippen molar-refractivity contribution in [1.29, 1.82) is 5.41 Å². The number of amidine groups is 1. The van der Waals surface area contributed by atoms with Crippen LogP contribution in [0.2, 0.25) is 0 Å². The van der Waals surface area contributed by atoms with Gasteiger partial charge >= 0.3 is 5.69 Å². The predicted molar refractivity (Wildman–Crippen MR) is 106 cm³/mol. The summed E-state index contributed by atoms with van der Waals surface area (Å²) < 4.78 is 2.79. The highest BCUT2D eigenvalue weighted by Gasteiger charge is 2.15. The summed E-state index contributed by atoms with van der Waals surface area (Å²) in [6.45, 7) is 1.90. The number of hydrogen-bond acceptors (Lipinski definition) is 4. The number of amides is 1. The van der Waals surface area contributed by atoms with E-state index in [9.17, 15) is 9.59 Å². The van der Waals surface area contributed by atoms with Gasteiger partial charge < -0.3 is 11.1 Å². The second kappa shape index (κ2) is 8.34. The van der Waals surface area contributed by atoms with Crippen molar-refractivity contribution in [3.8, 4) is 5.69 Å². The summed E-state index contributed by atoms with van der Waals surface area (Å²) in [7, 11) is 0. The zero-order chi connectivity index (χ0) is 20.1. The van der Waals surface area contributed by atoms with Crippen molar-refractivity contribution >= 4 is 11.7 Å². The highest BCUT2D eigenvalue weighted by Crippen LogP contribution is 2.14. The van der Waals surface area contributed by atoms with Crippen LogP contribution in [0.4, 0.5) is 0 Å². The Morgan fingerprint density at radius 3 is 2.61 bits per heavy atom. The number of rotatable bonds is 7. The van der Waals surface area contributed by atoms with E-state index in [0.717, 1.165) is 12.0 Å². The fourth-order valence-electron chi connectivity index (χ4n) is 2.93. The van der Waals surface area contributed by atoms with Gasteiger partial charge in [0.05, 0.1) is 11.7 Å². The maximum absolute atomic E-state index is 12.6. The van der Waals surface area contributed by atoms with E-state index in [1.807, 2.05) is 19.1 Å². The maximum Gasteiger partial charge on any atom is 0.333 e. The first-order chi connectivity index (χ1) is 13.5. The molecule has 0 spiro atoms. The van der Waals surface area contributed by atoms with Gasteiger partial charge in [-0.2, -0.15) is 0 Å². The monoisotopic (exact) mass is 378 g/mol. The van der Waals surface area contributed by atoms with Gasteiger partial charge in [-0.1, -0.05) is 13.0 Å². The van der Waals surface area contributed by atoms with Crippen molar-refractivity contribution < 1.29 is 4.79 Å². The topological polar surface area (TPSA) is 119 Å². The summed E-state index contributed by atoms with van der Waals surface area (Å²) in [6, 6.07) is 10.3. The predicted octanol–water partition coefficient (Wildman–Crippen LogP) is 1.59. The number of carbonyl (C=O) groups excluding carboxylic acids is 1. The summed E-state index contributed by atoms with van der Waals surface area (Å²) >= 11 is 0. The summed E-state index contributed by atoms with van der Waals surface area (Å²) in [4.78, 5) is 29.1. The third-order valence-corrected chi connectivity index (χ3v) is 4.45. The molecule has 0 saturated carbocycles. The van der Waals surface area contributed by atoms with Crippen LogP contribution in [-0.2, 0) is 11.3 Å². The van der Waals surface area contributed by atoms with Crippen LogP contribution < -0.4 is 16.7 Å². The number of aromatic nitrogens is 3. The van der Waals surface area contributed by atoms with Gasteiger partial charge in [-0.05, 0) is 42.3 Å². The molecule has 8 nitrogen and oxygen atoms in total. The Labute approximate surface area is 162 Å². The van der Waals surface area contributed by atoms with Gasteiger partial charge in [-0.3, -0.25) is 24.3 Å². The van der Waals surface area contributed by atoms with E-state index in [1.54, 1.807) is 49.1 Å². The highest BCUT2D eigenvalue weighted by atomic mass is 16.2. The Hall–Kier alpha value is -3.68. The molecule has 2 aromatic heterocycles. The van der Waals surface area contributed by atoms with E-state index in [2.05, 4.69) is 10.3 Å². The zero-order valence-corrected chi connectivity index (χ0v) is 15.5. The van der Waals surface area contributed by atoms with Crippen molar-refractivity contribution in [1.82, 2.24) is 19.4 Å². The van der Waals surface area contributed by atoms with E-state index in [1.165, 1.54) is 9.13 Å². The summed E-state index contributed by atoms with van der Waals surface area (Å²) in [5, 5.41) is 10.4. The Kier molecular flexibility index (Phi) is 5.69. The number of nitrogens with two attached hydrogens (primary N) is 1. The van der Waals surface area contributed by atoms with E-state index < -0.39 is 0 Å². The molecule has 0 bridgehead atoms. The van der Waals surface area contributed by atoms with Crippen molar-refractivity contribution in [3.63, 3.8) is 0 Å². The number of benzene rings is 1.